The van der Waals surface area contributed by atoms with E-state index >= 15 is 0 Å². The second kappa shape index (κ2) is 6.11. The molecule has 0 unspecified atom stereocenters. The van der Waals surface area contributed by atoms with Crippen LogP contribution in [0.25, 0.3) is 0 Å². The Bertz CT molecular complexity index is 246. The summed E-state index contributed by atoms with van der Waals surface area (Å²) in [6.45, 7) is 0.170. The van der Waals surface area contributed by atoms with Crippen molar-refractivity contribution in [1.29, 1.82) is 0 Å². The molecule has 6 heteroatoms. The van der Waals surface area contributed by atoms with Gasteiger partial charge in [0.05, 0.1) is 25.6 Å². The molecule has 0 spiro atoms. The fourth-order valence-electron chi connectivity index (χ4n) is 0.771. The molecule has 0 saturated carbocycles. The van der Waals surface area contributed by atoms with Crippen molar-refractivity contribution in [2.45, 2.75) is 0 Å². The van der Waals surface area contributed by atoms with Crippen LogP contribution in [0, 0.1) is 0 Å². The molecule has 1 aromatic rings. The van der Waals surface area contributed by atoms with Gasteiger partial charge in [-0.25, -0.2) is 0 Å². The maximum absolute atomic E-state index is 8.50. The fourth-order valence-corrected chi connectivity index (χ4v) is 0.771. The molecule has 0 bridgehead atoms. The lowest BCUT2D eigenvalue weighted by Crippen LogP contribution is -2.06. The van der Waals surface area contributed by atoms with Gasteiger partial charge in [-0.1, -0.05) is 0 Å². The highest BCUT2D eigenvalue weighted by molar-refractivity contribution is 5.12. The maximum atomic E-state index is 8.50. The summed E-state index contributed by atoms with van der Waals surface area (Å²) in [5.74, 6) is 0.573. The Balaban J connectivity index is 2.50. The Morgan fingerprint density at radius 1 is 1.00 bits per heavy atom. The zero-order chi connectivity index (χ0) is 10.2. The topological polar surface area (TPSA) is 84.7 Å². The quantitative estimate of drug-likeness (QED) is 0.626. The first-order valence-corrected chi connectivity index (χ1v) is 4.16. The summed E-state index contributed by atoms with van der Waals surface area (Å²) < 4.78 is 10.0. The van der Waals surface area contributed by atoms with E-state index in [1.807, 2.05) is 0 Å². The van der Waals surface area contributed by atoms with Gasteiger partial charge >= 0.3 is 0 Å². The Kier molecular flexibility index (Phi) is 4.66. The highest BCUT2D eigenvalue weighted by Gasteiger charge is 1.99. The number of aliphatic hydroxyl groups excluding tert-OH is 2. The van der Waals surface area contributed by atoms with Crippen LogP contribution in [0.15, 0.2) is 12.4 Å². The van der Waals surface area contributed by atoms with Crippen LogP contribution >= 0.6 is 0 Å². The molecular weight excluding hydrogens is 188 g/mol. The fraction of sp³-hybridized carbons (Fsp3) is 0.500. The molecule has 0 aliphatic carbocycles. The second-order valence-corrected chi connectivity index (χ2v) is 2.34. The molecule has 0 saturated heterocycles. The zero-order valence-electron chi connectivity index (χ0n) is 7.59. The molecule has 2 N–H and O–H groups in total. The van der Waals surface area contributed by atoms with E-state index in [2.05, 4.69) is 9.97 Å². The van der Waals surface area contributed by atoms with E-state index in [9.17, 15) is 0 Å². The molecule has 0 amide bonds. The minimum absolute atomic E-state index is 0.0800. The number of nitrogens with zero attached hydrogens (tertiary/aromatic N) is 2. The van der Waals surface area contributed by atoms with Crippen LogP contribution in [0.3, 0.4) is 0 Å². The molecule has 0 fully saturated rings. The Hall–Kier alpha value is -1.40. The van der Waals surface area contributed by atoms with E-state index in [0.717, 1.165) is 0 Å². The second-order valence-electron chi connectivity index (χ2n) is 2.34. The monoisotopic (exact) mass is 200 g/mol. The molecule has 0 atom stereocenters. The predicted octanol–water partition coefficient (Wildman–Crippen LogP) is -0.781. The largest absolute Gasteiger partial charge is 0.474 e. The summed E-state index contributed by atoms with van der Waals surface area (Å²) in [7, 11) is 0. The average Bonchev–Trinajstić information content (AvgIpc) is 2.24. The van der Waals surface area contributed by atoms with Gasteiger partial charge in [0.15, 0.2) is 0 Å². The molecule has 0 aromatic carbocycles. The third-order valence-corrected chi connectivity index (χ3v) is 1.27. The molecule has 14 heavy (non-hydrogen) atoms. The van der Waals surface area contributed by atoms with Crippen molar-refractivity contribution in [3.63, 3.8) is 0 Å². The molecule has 0 radical (unpaired) electrons. The van der Waals surface area contributed by atoms with E-state index in [1.54, 1.807) is 0 Å². The Labute approximate surface area is 81.1 Å². The van der Waals surface area contributed by atoms with Crippen LogP contribution in [0.1, 0.15) is 0 Å². The lowest BCUT2D eigenvalue weighted by molar-refractivity contribution is 0.184. The SMILES string of the molecule is OCCOc1cncc(OCCO)n1. The molecule has 1 heterocycles. The zero-order valence-corrected chi connectivity index (χ0v) is 7.59. The highest BCUT2D eigenvalue weighted by atomic mass is 16.5. The van der Waals surface area contributed by atoms with E-state index in [0.29, 0.717) is 0 Å². The molecule has 1 rings (SSSR count). The van der Waals surface area contributed by atoms with Gasteiger partial charge in [-0.3, -0.25) is 4.98 Å². The third-order valence-electron chi connectivity index (χ3n) is 1.27. The highest BCUT2D eigenvalue weighted by Crippen LogP contribution is 2.10. The lowest BCUT2D eigenvalue weighted by Gasteiger charge is -2.05. The van der Waals surface area contributed by atoms with Crippen LogP contribution in [0.4, 0.5) is 0 Å². The standard InChI is InChI=1S/C8H12N2O4/c11-1-3-13-7-5-9-6-8(10-7)14-4-2-12/h5-6,11-12H,1-4H2. The van der Waals surface area contributed by atoms with Gasteiger partial charge < -0.3 is 19.7 Å². The van der Waals surface area contributed by atoms with Gasteiger partial charge in [-0.2, -0.15) is 4.98 Å². The van der Waals surface area contributed by atoms with Crippen molar-refractivity contribution < 1.29 is 19.7 Å². The average molecular weight is 200 g/mol. The van der Waals surface area contributed by atoms with Gasteiger partial charge in [-0.15, -0.1) is 0 Å². The van der Waals surface area contributed by atoms with E-state index in [-0.39, 0.29) is 38.2 Å². The van der Waals surface area contributed by atoms with Crippen molar-refractivity contribution >= 4 is 0 Å². The summed E-state index contributed by atoms with van der Waals surface area (Å²) in [4.78, 5) is 7.73. The minimum atomic E-state index is -0.0800. The summed E-state index contributed by atoms with van der Waals surface area (Å²) in [6, 6.07) is 0. The number of hydrogen-bond donors (Lipinski definition) is 2. The normalized spacial score (nSPS) is 9.86. The van der Waals surface area contributed by atoms with Gasteiger partial charge in [0.25, 0.3) is 0 Å². The van der Waals surface area contributed by atoms with Gasteiger partial charge in [0.1, 0.15) is 13.2 Å². The number of hydrogen-bond acceptors (Lipinski definition) is 6. The van der Waals surface area contributed by atoms with Crippen LogP contribution in [-0.4, -0.2) is 46.6 Å². The molecule has 0 aliphatic rings. The van der Waals surface area contributed by atoms with Crippen LogP contribution in [-0.2, 0) is 0 Å². The summed E-state index contributed by atoms with van der Waals surface area (Å²) in [5, 5.41) is 17.0. The van der Waals surface area contributed by atoms with Gasteiger partial charge in [0.2, 0.25) is 11.8 Å². The molecular formula is C8H12N2O4. The molecule has 1 aromatic heterocycles. The first-order valence-electron chi connectivity index (χ1n) is 4.16. The van der Waals surface area contributed by atoms with Gasteiger partial charge in [0, 0.05) is 0 Å². The summed E-state index contributed by atoms with van der Waals surface area (Å²) in [5.41, 5.74) is 0. The summed E-state index contributed by atoms with van der Waals surface area (Å²) >= 11 is 0. The van der Waals surface area contributed by atoms with Crippen molar-refractivity contribution in [3.8, 4) is 11.8 Å². The first kappa shape index (κ1) is 10.7. The van der Waals surface area contributed by atoms with Crippen LogP contribution in [0.5, 0.6) is 11.8 Å². The van der Waals surface area contributed by atoms with E-state index in [4.69, 9.17) is 19.7 Å². The minimum Gasteiger partial charge on any atom is -0.474 e. The van der Waals surface area contributed by atoms with Gasteiger partial charge in [-0.05, 0) is 0 Å². The van der Waals surface area contributed by atoms with Crippen LogP contribution in [0.2, 0.25) is 0 Å². The Morgan fingerprint density at radius 2 is 1.50 bits per heavy atom. The van der Waals surface area contributed by atoms with Crippen molar-refractivity contribution in [1.82, 2.24) is 9.97 Å². The molecule has 0 aliphatic heterocycles. The Morgan fingerprint density at radius 3 is 1.93 bits per heavy atom. The number of rotatable bonds is 6. The maximum Gasteiger partial charge on any atom is 0.235 e. The van der Waals surface area contributed by atoms with Crippen molar-refractivity contribution in [2.75, 3.05) is 26.4 Å². The smallest absolute Gasteiger partial charge is 0.235 e. The van der Waals surface area contributed by atoms with E-state index in [1.165, 1.54) is 12.4 Å². The van der Waals surface area contributed by atoms with Crippen molar-refractivity contribution in [2.24, 2.45) is 0 Å². The van der Waals surface area contributed by atoms with Crippen LogP contribution < -0.4 is 9.47 Å². The first-order chi connectivity index (χ1) is 6.86. The van der Waals surface area contributed by atoms with E-state index < -0.39 is 0 Å². The number of ether oxygens (including phenoxy) is 2. The third kappa shape index (κ3) is 3.55. The summed E-state index contributed by atoms with van der Waals surface area (Å²) in [6.07, 6.45) is 2.84. The number of aromatic nitrogens is 2. The predicted molar refractivity (Wildman–Crippen MR) is 47.2 cm³/mol. The number of aliphatic hydroxyl groups is 2. The molecule has 6 nitrogen and oxygen atoms in total. The lowest BCUT2D eigenvalue weighted by atomic mass is 10.6. The molecule has 78 valence electrons. The van der Waals surface area contributed by atoms with Crippen molar-refractivity contribution in [3.05, 3.63) is 12.4 Å².